The van der Waals surface area contributed by atoms with Crippen LogP contribution in [-0.2, 0) is 0 Å². The van der Waals surface area contributed by atoms with Crippen LogP contribution in [0.4, 0.5) is 24.7 Å². The van der Waals surface area contributed by atoms with Crippen LogP contribution in [0, 0.1) is 21.0 Å². The lowest BCUT2D eigenvalue weighted by molar-refractivity contribution is 0.448. The average molecular weight is 351 g/mol. The van der Waals surface area contributed by atoms with Gasteiger partial charge in [-0.05, 0) is 22.6 Å². The molecule has 17 heavy (non-hydrogen) atoms. The summed E-state index contributed by atoms with van der Waals surface area (Å²) in [6, 6.07) is 1.72. The Kier molecular flexibility index (Phi) is 3.46. The maximum Gasteiger partial charge on any atom is 0.194 e. The molecule has 0 aliphatic heterocycles. The fourth-order valence-electron chi connectivity index (χ4n) is 1.17. The van der Waals surface area contributed by atoms with E-state index in [1.807, 2.05) is 22.6 Å². The Labute approximate surface area is 108 Å². The summed E-state index contributed by atoms with van der Waals surface area (Å²) in [5.41, 5.74) is 0.0815. The average Bonchev–Trinajstić information content (AvgIpc) is 2.29. The smallest absolute Gasteiger partial charge is 0.194 e. The van der Waals surface area contributed by atoms with Crippen LogP contribution in [0.15, 0.2) is 24.7 Å². The van der Waals surface area contributed by atoms with Crippen molar-refractivity contribution in [3.63, 3.8) is 0 Å². The third-order valence-electron chi connectivity index (χ3n) is 1.91. The Bertz CT molecular complexity index is 539. The van der Waals surface area contributed by atoms with Gasteiger partial charge in [0, 0.05) is 24.0 Å². The molecule has 0 atom stereocenters. The molecule has 88 valence electrons. The molecule has 2 aromatic rings. The number of hydrogen-bond acceptors (Lipinski definition) is 3. The van der Waals surface area contributed by atoms with Gasteiger partial charge >= 0.3 is 0 Å². The molecule has 0 bridgehead atoms. The van der Waals surface area contributed by atoms with Crippen molar-refractivity contribution in [2.45, 2.75) is 0 Å². The topological polar surface area (TPSA) is 37.8 Å². The molecule has 0 fully saturated rings. The van der Waals surface area contributed by atoms with E-state index in [1.54, 1.807) is 0 Å². The molecule has 0 radical (unpaired) electrons. The van der Waals surface area contributed by atoms with Gasteiger partial charge in [-0.15, -0.1) is 0 Å². The highest BCUT2D eigenvalue weighted by molar-refractivity contribution is 14.1. The largest absolute Gasteiger partial charge is 0.339 e. The van der Waals surface area contributed by atoms with Gasteiger partial charge in [-0.3, -0.25) is 0 Å². The molecule has 0 spiro atoms. The van der Waals surface area contributed by atoms with E-state index in [0.717, 1.165) is 12.1 Å². The number of nitrogens with zero attached hydrogens (tertiary/aromatic N) is 2. The van der Waals surface area contributed by atoms with Gasteiger partial charge in [0.05, 0.1) is 3.57 Å². The second kappa shape index (κ2) is 4.86. The number of anilines is 2. The minimum absolute atomic E-state index is 0.0815. The zero-order valence-electron chi connectivity index (χ0n) is 8.22. The maximum atomic E-state index is 13.0. The molecular weight excluding hydrogens is 346 g/mol. The van der Waals surface area contributed by atoms with Crippen LogP contribution < -0.4 is 5.32 Å². The molecule has 0 amide bonds. The Morgan fingerprint density at radius 3 is 2.35 bits per heavy atom. The quantitative estimate of drug-likeness (QED) is 0.667. The molecule has 0 saturated carbocycles. The summed E-state index contributed by atoms with van der Waals surface area (Å²) in [5.74, 6) is -3.60. The number of hydrogen-bond donors (Lipinski definition) is 1. The lowest BCUT2D eigenvalue weighted by Gasteiger charge is -2.07. The van der Waals surface area contributed by atoms with Gasteiger partial charge in [0.15, 0.2) is 17.5 Å². The summed E-state index contributed by atoms with van der Waals surface area (Å²) in [7, 11) is 0. The van der Waals surface area contributed by atoms with Crippen molar-refractivity contribution in [2.24, 2.45) is 0 Å². The van der Waals surface area contributed by atoms with Gasteiger partial charge in [-0.25, -0.2) is 23.1 Å². The van der Waals surface area contributed by atoms with Crippen LogP contribution in [0.3, 0.4) is 0 Å². The first-order chi connectivity index (χ1) is 8.08. The normalized spacial score (nSPS) is 10.4. The summed E-state index contributed by atoms with van der Waals surface area (Å²) in [4.78, 5) is 7.66. The van der Waals surface area contributed by atoms with Crippen molar-refractivity contribution in [1.82, 2.24) is 9.97 Å². The second-order valence-electron chi connectivity index (χ2n) is 3.10. The molecule has 3 nitrogen and oxygen atoms in total. The standard InChI is InChI=1S/C10H5F3IN3/c11-6-1-5(2-7(12)9(6)13)17-10-8(14)3-15-4-16-10/h1-4H,(H,15,16,17). The molecule has 0 saturated heterocycles. The third kappa shape index (κ3) is 2.65. The minimum Gasteiger partial charge on any atom is -0.339 e. The summed E-state index contributed by atoms with van der Waals surface area (Å²) in [6.45, 7) is 0. The van der Waals surface area contributed by atoms with Gasteiger partial charge in [0.1, 0.15) is 12.1 Å². The van der Waals surface area contributed by atoms with Crippen molar-refractivity contribution in [2.75, 3.05) is 5.32 Å². The van der Waals surface area contributed by atoms with E-state index < -0.39 is 17.5 Å². The Hall–Kier alpha value is -1.38. The SMILES string of the molecule is Fc1cc(Nc2ncncc2I)cc(F)c1F. The highest BCUT2D eigenvalue weighted by atomic mass is 127. The van der Waals surface area contributed by atoms with Crippen LogP contribution in [-0.4, -0.2) is 9.97 Å². The van der Waals surface area contributed by atoms with Crippen LogP contribution in [0.5, 0.6) is 0 Å². The number of benzene rings is 1. The maximum absolute atomic E-state index is 13.0. The first kappa shape index (κ1) is 12.1. The summed E-state index contributed by atoms with van der Waals surface area (Å²) >= 11 is 1.96. The number of rotatable bonds is 2. The second-order valence-corrected chi connectivity index (χ2v) is 4.26. The van der Waals surface area contributed by atoms with E-state index in [1.165, 1.54) is 12.5 Å². The fourth-order valence-corrected chi connectivity index (χ4v) is 1.60. The van der Waals surface area contributed by atoms with Crippen molar-refractivity contribution in [3.8, 4) is 0 Å². The van der Waals surface area contributed by atoms with Crippen LogP contribution in [0.25, 0.3) is 0 Å². The predicted molar refractivity (Wildman–Crippen MR) is 64.3 cm³/mol. The molecule has 0 aliphatic rings. The van der Waals surface area contributed by atoms with Gasteiger partial charge < -0.3 is 5.32 Å². The van der Waals surface area contributed by atoms with E-state index in [4.69, 9.17) is 0 Å². The molecule has 7 heteroatoms. The summed E-state index contributed by atoms with van der Waals surface area (Å²) < 4.78 is 39.3. The first-order valence-corrected chi connectivity index (χ1v) is 5.53. The Morgan fingerprint density at radius 2 is 1.76 bits per heavy atom. The number of aromatic nitrogens is 2. The Morgan fingerprint density at radius 1 is 1.12 bits per heavy atom. The van der Waals surface area contributed by atoms with Crippen molar-refractivity contribution in [3.05, 3.63) is 45.7 Å². The lowest BCUT2D eigenvalue weighted by Crippen LogP contribution is -1.99. The Balaban J connectivity index is 2.34. The zero-order chi connectivity index (χ0) is 12.4. The van der Waals surface area contributed by atoms with Gasteiger partial charge in [0.25, 0.3) is 0 Å². The lowest BCUT2D eigenvalue weighted by atomic mass is 10.3. The minimum atomic E-state index is -1.49. The molecule has 0 unspecified atom stereocenters. The third-order valence-corrected chi connectivity index (χ3v) is 2.70. The highest BCUT2D eigenvalue weighted by Gasteiger charge is 2.11. The number of halogens is 4. The van der Waals surface area contributed by atoms with E-state index in [9.17, 15) is 13.2 Å². The van der Waals surface area contributed by atoms with Gasteiger partial charge in [0.2, 0.25) is 0 Å². The zero-order valence-corrected chi connectivity index (χ0v) is 10.4. The summed E-state index contributed by atoms with van der Waals surface area (Å²) in [6.07, 6.45) is 2.83. The monoisotopic (exact) mass is 351 g/mol. The van der Waals surface area contributed by atoms with Crippen LogP contribution in [0.1, 0.15) is 0 Å². The van der Waals surface area contributed by atoms with Crippen molar-refractivity contribution >= 4 is 34.1 Å². The van der Waals surface area contributed by atoms with E-state index in [0.29, 0.717) is 9.39 Å². The molecule has 1 aromatic carbocycles. The number of nitrogens with one attached hydrogen (secondary N) is 1. The van der Waals surface area contributed by atoms with Gasteiger partial charge in [-0.2, -0.15) is 0 Å². The van der Waals surface area contributed by atoms with E-state index in [2.05, 4.69) is 15.3 Å². The van der Waals surface area contributed by atoms with Crippen LogP contribution in [0.2, 0.25) is 0 Å². The summed E-state index contributed by atoms with van der Waals surface area (Å²) in [5, 5.41) is 2.68. The fraction of sp³-hybridized carbons (Fsp3) is 0. The molecule has 1 heterocycles. The molecule has 1 N–H and O–H groups in total. The molecule has 2 rings (SSSR count). The molecule has 0 aliphatic carbocycles. The molecule has 1 aromatic heterocycles. The highest BCUT2D eigenvalue weighted by Crippen LogP contribution is 2.22. The van der Waals surface area contributed by atoms with Gasteiger partial charge in [-0.1, -0.05) is 0 Å². The van der Waals surface area contributed by atoms with Crippen molar-refractivity contribution < 1.29 is 13.2 Å². The van der Waals surface area contributed by atoms with E-state index >= 15 is 0 Å². The van der Waals surface area contributed by atoms with Crippen LogP contribution >= 0.6 is 22.6 Å². The first-order valence-electron chi connectivity index (χ1n) is 4.45. The van der Waals surface area contributed by atoms with Crippen molar-refractivity contribution in [1.29, 1.82) is 0 Å². The predicted octanol–water partition coefficient (Wildman–Crippen LogP) is 3.24. The molecular formula is C10H5F3IN3. The van der Waals surface area contributed by atoms with E-state index in [-0.39, 0.29) is 5.69 Å².